The summed E-state index contributed by atoms with van der Waals surface area (Å²) < 4.78 is 0. The van der Waals surface area contributed by atoms with Gasteiger partial charge in [0.25, 0.3) is 5.69 Å². The fourth-order valence-corrected chi connectivity index (χ4v) is 2.48. The Balaban J connectivity index is 2.18. The number of nitro benzene ring substituents is 1. The molecule has 0 bridgehead atoms. The Morgan fingerprint density at radius 1 is 1.05 bits per heavy atom. The maximum Gasteiger partial charge on any atom is 0.270 e. The summed E-state index contributed by atoms with van der Waals surface area (Å²) in [7, 11) is 0. The average molecular weight is 268 g/mol. The summed E-state index contributed by atoms with van der Waals surface area (Å²) in [5.41, 5.74) is 9.13. The van der Waals surface area contributed by atoms with Gasteiger partial charge in [0, 0.05) is 29.3 Å². The molecular formula is C15H12N2O3. The van der Waals surface area contributed by atoms with Crippen molar-refractivity contribution in [2.45, 2.75) is 13.0 Å². The number of benzene rings is 2. The quantitative estimate of drug-likeness (QED) is 0.572. The minimum Gasteiger partial charge on any atom is -0.324 e. The molecule has 100 valence electrons. The van der Waals surface area contributed by atoms with E-state index in [1.165, 1.54) is 12.1 Å². The first-order valence-corrected chi connectivity index (χ1v) is 6.22. The molecular weight excluding hydrogens is 256 g/mol. The Morgan fingerprint density at radius 2 is 1.65 bits per heavy atom. The van der Waals surface area contributed by atoms with Gasteiger partial charge < -0.3 is 5.73 Å². The molecule has 2 N–H and O–H groups in total. The van der Waals surface area contributed by atoms with E-state index < -0.39 is 4.92 Å². The maximum absolute atomic E-state index is 12.4. The maximum atomic E-state index is 12.4. The summed E-state index contributed by atoms with van der Waals surface area (Å²) in [6, 6.07) is 9.73. The minimum absolute atomic E-state index is 0.0719. The van der Waals surface area contributed by atoms with Crippen molar-refractivity contribution in [2.24, 2.45) is 5.73 Å². The first-order valence-electron chi connectivity index (χ1n) is 6.22. The van der Waals surface area contributed by atoms with Crippen LogP contribution in [0.25, 0.3) is 11.1 Å². The smallest absolute Gasteiger partial charge is 0.270 e. The highest BCUT2D eigenvalue weighted by Gasteiger charge is 2.28. The SMILES string of the molecule is CC(N)c1ccc2c(c1)C(=O)c1cc([N+](=O)[O-])ccc1-2. The number of hydrogen-bond donors (Lipinski definition) is 1. The van der Waals surface area contributed by atoms with Crippen LogP contribution in [-0.4, -0.2) is 10.7 Å². The molecule has 0 saturated heterocycles. The molecule has 0 aromatic heterocycles. The average Bonchev–Trinajstić information content (AvgIpc) is 2.71. The molecule has 0 radical (unpaired) electrons. The zero-order chi connectivity index (χ0) is 14.4. The number of nitro groups is 1. The fourth-order valence-electron chi connectivity index (χ4n) is 2.48. The van der Waals surface area contributed by atoms with Crippen molar-refractivity contribution in [3.05, 3.63) is 63.2 Å². The molecule has 1 aliphatic rings. The van der Waals surface area contributed by atoms with Crippen molar-refractivity contribution in [3.63, 3.8) is 0 Å². The van der Waals surface area contributed by atoms with E-state index in [0.717, 1.165) is 16.7 Å². The van der Waals surface area contributed by atoms with E-state index in [1.54, 1.807) is 12.1 Å². The first-order chi connectivity index (χ1) is 9.49. The Morgan fingerprint density at radius 3 is 2.25 bits per heavy atom. The largest absolute Gasteiger partial charge is 0.324 e. The summed E-state index contributed by atoms with van der Waals surface area (Å²) in [5, 5.41) is 10.8. The van der Waals surface area contributed by atoms with Crippen LogP contribution < -0.4 is 5.73 Å². The lowest BCUT2D eigenvalue weighted by Gasteiger charge is -2.07. The van der Waals surface area contributed by atoms with E-state index in [2.05, 4.69) is 0 Å². The number of hydrogen-bond acceptors (Lipinski definition) is 4. The highest BCUT2D eigenvalue weighted by atomic mass is 16.6. The number of carbonyl (C=O) groups is 1. The van der Waals surface area contributed by atoms with Crippen molar-refractivity contribution in [1.82, 2.24) is 0 Å². The van der Waals surface area contributed by atoms with Crippen LogP contribution in [0.15, 0.2) is 36.4 Å². The fraction of sp³-hybridized carbons (Fsp3) is 0.133. The Hall–Kier alpha value is -2.53. The summed E-state index contributed by atoms with van der Waals surface area (Å²) in [4.78, 5) is 22.7. The Kier molecular flexibility index (Phi) is 2.65. The van der Waals surface area contributed by atoms with Crippen molar-refractivity contribution in [3.8, 4) is 11.1 Å². The van der Waals surface area contributed by atoms with E-state index in [4.69, 9.17) is 5.73 Å². The van der Waals surface area contributed by atoms with Crippen LogP contribution in [0.1, 0.15) is 34.5 Å². The third kappa shape index (κ3) is 1.71. The third-order valence-electron chi connectivity index (χ3n) is 3.56. The van der Waals surface area contributed by atoms with Gasteiger partial charge in [0.15, 0.2) is 5.78 Å². The summed E-state index contributed by atoms with van der Waals surface area (Å²) in [6.45, 7) is 1.85. The van der Waals surface area contributed by atoms with Gasteiger partial charge in [-0.1, -0.05) is 12.1 Å². The molecule has 0 spiro atoms. The van der Waals surface area contributed by atoms with Gasteiger partial charge in [0.1, 0.15) is 0 Å². The van der Waals surface area contributed by atoms with Gasteiger partial charge >= 0.3 is 0 Å². The lowest BCUT2D eigenvalue weighted by Crippen LogP contribution is -2.06. The molecule has 0 heterocycles. The van der Waals surface area contributed by atoms with Crippen LogP contribution in [0.2, 0.25) is 0 Å². The number of rotatable bonds is 2. The number of fused-ring (bicyclic) bond motifs is 3. The molecule has 2 aromatic carbocycles. The highest BCUT2D eigenvalue weighted by molar-refractivity contribution is 6.22. The number of carbonyl (C=O) groups excluding carboxylic acids is 1. The van der Waals surface area contributed by atoms with Crippen molar-refractivity contribution < 1.29 is 9.72 Å². The van der Waals surface area contributed by atoms with E-state index in [9.17, 15) is 14.9 Å². The van der Waals surface area contributed by atoms with Gasteiger partial charge in [-0.15, -0.1) is 0 Å². The number of nitrogens with zero attached hydrogens (tertiary/aromatic N) is 1. The van der Waals surface area contributed by atoms with Gasteiger partial charge in [-0.3, -0.25) is 14.9 Å². The van der Waals surface area contributed by atoms with Gasteiger partial charge in [-0.25, -0.2) is 0 Å². The summed E-state index contributed by atoms with van der Waals surface area (Å²) in [6.07, 6.45) is 0. The Bertz CT molecular complexity index is 751. The highest BCUT2D eigenvalue weighted by Crippen LogP contribution is 2.39. The van der Waals surface area contributed by atoms with Gasteiger partial charge in [-0.2, -0.15) is 0 Å². The predicted molar refractivity (Wildman–Crippen MR) is 74.6 cm³/mol. The monoisotopic (exact) mass is 268 g/mol. The predicted octanol–water partition coefficient (Wildman–Crippen LogP) is 2.83. The number of non-ortho nitro benzene ring substituents is 1. The van der Waals surface area contributed by atoms with Crippen LogP contribution >= 0.6 is 0 Å². The topological polar surface area (TPSA) is 86.2 Å². The van der Waals surface area contributed by atoms with E-state index >= 15 is 0 Å². The number of ketones is 1. The summed E-state index contributed by atoms with van der Waals surface area (Å²) in [5.74, 6) is -0.179. The molecule has 1 unspecified atom stereocenters. The van der Waals surface area contributed by atoms with E-state index in [0.29, 0.717) is 11.1 Å². The molecule has 2 aromatic rings. The molecule has 0 amide bonds. The van der Waals surface area contributed by atoms with Gasteiger partial charge in [-0.05, 0) is 35.7 Å². The molecule has 5 nitrogen and oxygen atoms in total. The van der Waals surface area contributed by atoms with Crippen LogP contribution in [0.4, 0.5) is 5.69 Å². The van der Waals surface area contributed by atoms with Crippen LogP contribution in [0.5, 0.6) is 0 Å². The lowest BCUT2D eigenvalue weighted by molar-refractivity contribution is -0.384. The molecule has 0 aliphatic heterocycles. The normalized spacial score (nSPS) is 13.8. The standard InChI is InChI=1S/C15H12N2O3/c1-8(16)9-2-4-11-12-5-3-10(17(19)20)7-14(12)15(18)13(11)6-9/h2-8H,16H2,1H3. The van der Waals surface area contributed by atoms with Crippen molar-refractivity contribution >= 4 is 11.5 Å². The van der Waals surface area contributed by atoms with Crippen LogP contribution in [0.3, 0.4) is 0 Å². The van der Waals surface area contributed by atoms with Gasteiger partial charge in [0.2, 0.25) is 0 Å². The molecule has 20 heavy (non-hydrogen) atoms. The van der Waals surface area contributed by atoms with Gasteiger partial charge in [0.05, 0.1) is 4.92 Å². The molecule has 3 rings (SSSR count). The molecule has 0 saturated carbocycles. The van der Waals surface area contributed by atoms with E-state index in [-0.39, 0.29) is 17.5 Å². The second-order valence-corrected chi connectivity index (χ2v) is 4.91. The molecule has 5 heteroatoms. The van der Waals surface area contributed by atoms with Crippen molar-refractivity contribution in [1.29, 1.82) is 0 Å². The Labute approximate surface area is 115 Å². The minimum atomic E-state index is -0.496. The summed E-state index contributed by atoms with van der Waals surface area (Å²) >= 11 is 0. The second-order valence-electron chi connectivity index (χ2n) is 4.91. The van der Waals surface area contributed by atoms with E-state index in [1.807, 2.05) is 19.1 Å². The van der Waals surface area contributed by atoms with Crippen LogP contribution in [-0.2, 0) is 0 Å². The molecule has 0 fully saturated rings. The first kappa shape index (κ1) is 12.5. The second kappa shape index (κ2) is 4.25. The van der Waals surface area contributed by atoms with Crippen LogP contribution in [0, 0.1) is 10.1 Å². The zero-order valence-corrected chi connectivity index (χ0v) is 10.8. The third-order valence-corrected chi connectivity index (χ3v) is 3.56. The number of nitrogens with two attached hydrogens (primary N) is 1. The lowest BCUT2D eigenvalue weighted by atomic mass is 10.0. The molecule has 1 atom stereocenters. The van der Waals surface area contributed by atoms with Crippen molar-refractivity contribution in [2.75, 3.05) is 0 Å². The zero-order valence-electron chi connectivity index (χ0n) is 10.8. The molecule has 1 aliphatic carbocycles.